The second-order valence-electron chi connectivity index (χ2n) is 4.92. The van der Waals surface area contributed by atoms with Gasteiger partial charge in [0.2, 0.25) is 5.13 Å². The number of nitrogens with one attached hydrogen (secondary N) is 1. The molecule has 1 aromatic carbocycles. The Morgan fingerprint density at radius 3 is 3.00 bits per heavy atom. The highest BCUT2D eigenvalue weighted by molar-refractivity contribution is 7.13. The molecule has 25 heavy (non-hydrogen) atoms. The maximum absolute atomic E-state index is 13.9. The Labute approximate surface area is 153 Å². The minimum Gasteiger partial charge on any atom is -0.492 e. The molecule has 9 heteroatoms. The van der Waals surface area contributed by atoms with Crippen molar-refractivity contribution >= 4 is 40.3 Å². The number of esters is 1. The summed E-state index contributed by atoms with van der Waals surface area (Å²) in [6.45, 7) is 3.82. The van der Waals surface area contributed by atoms with Gasteiger partial charge in [-0.25, -0.2) is 9.37 Å². The lowest BCUT2D eigenvalue weighted by Gasteiger charge is -2.09. The van der Waals surface area contributed by atoms with Crippen LogP contribution in [0.1, 0.15) is 23.7 Å². The molecule has 1 N–H and O–H groups in total. The minimum absolute atomic E-state index is 0.00723. The van der Waals surface area contributed by atoms with E-state index < -0.39 is 5.82 Å². The summed E-state index contributed by atoms with van der Waals surface area (Å²) < 4.78 is 23.7. The van der Waals surface area contributed by atoms with Crippen LogP contribution < -0.4 is 10.2 Å². The molecule has 0 aliphatic carbocycles. The van der Waals surface area contributed by atoms with Crippen LogP contribution in [0.5, 0.6) is 5.75 Å². The van der Waals surface area contributed by atoms with E-state index in [0.29, 0.717) is 28.6 Å². The van der Waals surface area contributed by atoms with E-state index in [0.717, 1.165) is 0 Å². The van der Waals surface area contributed by atoms with E-state index >= 15 is 0 Å². The number of rotatable bonds is 7. The van der Waals surface area contributed by atoms with Gasteiger partial charge in [0, 0.05) is 10.9 Å². The lowest BCUT2D eigenvalue weighted by Crippen LogP contribution is -2.07. The molecule has 0 saturated carbocycles. The second kappa shape index (κ2) is 8.77. The highest BCUT2D eigenvalue weighted by atomic mass is 35.5. The number of ether oxygens (including phenoxy) is 2. The molecule has 1 heterocycles. The number of benzene rings is 1. The van der Waals surface area contributed by atoms with Gasteiger partial charge >= 0.3 is 5.97 Å². The zero-order chi connectivity index (χ0) is 18.4. The Kier molecular flexibility index (Phi) is 6.72. The topological polar surface area (TPSA) is 72.8 Å². The highest BCUT2D eigenvalue weighted by Gasteiger charge is 2.14. The molecule has 2 rings (SSSR count). The Morgan fingerprint density at radius 2 is 2.32 bits per heavy atom. The predicted molar refractivity (Wildman–Crippen MR) is 96.4 cm³/mol. The second-order valence-corrected chi connectivity index (χ2v) is 6.15. The molecular formula is C16H17ClFN3O3S. The van der Waals surface area contributed by atoms with Crippen LogP contribution in [-0.4, -0.2) is 30.9 Å². The fourth-order valence-electron chi connectivity index (χ4n) is 1.99. The number of hydrogen-bond donors (Lipinski definition) is 1. The van der Waals surface area contributed by atoms with Crippen molar-refractivity contribution < 1.29 is 18.7 Å². The molecule has 6 nitrogen and oxygen atoms in total. The van der Waals surface area contributed by atoms with Crippen molar-refractivity contribution in [3.63, 3.8) is 0 Å². The van der Waals surface area contributed by atoms with E-state index in [-0.39, 0.29) is 23.2 Å². The quantitative estimate of drug-likeness (QED) is 0.446. The third-order valence-corrected chi connectivity index (χ3v) is 4.46. The van der Waals surface area contributed by atoms with Gasteiger partial charge in [0.15, 0.2) is 11.6 Å². The number of carbonyl (C=O) groups excluding carboxylic acids is 1. The molecule has 0 radical (unpaired) electrons. The maximum atomic E-state index is 13.9. The van der Waals surface area contributed by atoms with Crippen molar-refractivity contribution in [1.82, 2.24) is 4.98 Å². The fourth-order valence-corrected chi connectivity index (χ4v) is 2.93. The molecule has 0 aliphatic heterocycles. The van der Waals surface area contributed by atoms with E-state index in [4.69, 9.17) is 21.1 Å². The fraction of sp³-hybridized carbons (Fsp3) is 0.312. The first-order chi connectivity index (χ1) is 12.0. The normalized spacial score (nSPS) is 10.9. The number of halogens is 2. The molecule has 2 aromatic rings. The average Bonchev–Trinajstić information content (AvgIpc) is 3.00. The number of hydrogen-bond acceptors (Lipinski definition) is 7. The molecular weight excluding hydrogens is 369 g/mol. The molecule has 0 bridgehead atoms. The number of carbonyl (C=O) groups is 1. The number of nitrogens with zero attached hydrogens (tertiary/aromatic N) is 2. The summed E-state index contributed by atoms with van der Waals surface area (Å²) >= 11 is 7.37. The summed E-state index contributed by atoms with van der Waals surface area (Å²) in [6.07, 6.45) is 1.55. The SMILES string of the molecule is CCOC(=O)Cc1csc(NN=Cc2cc(F)c(OC)c(Cl)c2C)n1. The zero-order valence-electron chi connectivity index (χ0n) is 13.9. The minimum atomic E-state index is -0.564. The van der Waals surface area contributed by atoms with Crippen molar-refractivity contribution in [2.45, 2.75) is 20.3 Å². The van der Waals surface area contributed by atoms with Crippen molar-refractivity contribution in [2.75, 3.05) is 19.1 Å². The zero-order valence-corrected chi connectivity index (χ0v) is 15.5. The molecule has 1 aromatic heterocycles. The van der Waals surface area contributed by atoms with Crippen LogP contribution in [0.3, 0.4) is 0 Å². The van der Waals surface area contributed by atoms with Crippen LogP contribution >= 0.6 is 22.9 Å². The smallest absolute Gasteiger partial charge is 0.311 e. The maximum Gasteiger partial charge on any atom is 0.311 e. The summed E-state index contributed by atoms with van der Waals surface area (Å²) in [4.78, 5) is 15.6. The van der Waals surface area contributed by atoms with Gasteiger partial charge in [-0.1, -0.05) is 11.6 Å². The van der Waals surface area contributed by atoms with Crippen LogP contribution in [0, 0.1) is 12.7 Å². The van der Waals surface area contributed by atoms with Crippen LogP contribution in [0.2, 0.25) is 5.02 Å². The first-order valence-electron chi connectivity index (χ1n) is 7.38. The largest absolute Gasteiger partial charge is 0.492 e. The molecule has 0 saturated heterocycles. The van der Waals surface area contributed by atoms with E-state index in [1.165, 1.54) is 30.7 Å². The molecule has 0 atom stereocenters. The monoisotopic (exact) mass is 385 g/mol. The van der Waals surface area contributed by atoms with Gasteiger partial charge in [0.05, 0.1) is 37.1 Å². The van der Waals surface area contributed by atoms with E-state index in [1.807, 2.05) is 0 Å². The van der Waals surface area contributed by atoms with Crippen LogP contribution in [0.15, 0.2) is 16.5 Å². The number of aromatic nitrogens is 1. The van der Waals surface area contributed by atoms with Crippen molar-refractivity contribution in [1.29, 1.82) is 0 Å². The van der Waals surface area contributed by atoms with Crippen LogP contribution in [0.4, 0.5) is 9.52 Å². The Bertz CT molecular complexity index is 795. The van der Waals surface area contributed by atoms with Gasteiger partial charge in [0.25, 0.3) is 0 Å². The summed E-state index contributed by atoms with van der Waals surface area (Å²) in [6, 6.07) is 1.29. The van der Waals surface area contributed by atoms with Crippen LogP contribution in [-0.2, 0) is 16.0 Å². The Morgan fingerprint density at radius 1 is 1.56 bits per heavy atom. The number of methoxy groups -OCH3 is 1. The number of anilines is 1. The van der Waals surface area contributed by atoms with Gasteiger partial charge < -0.3 is 9.47 Å². The third kappa shape index (κ3) is 4.90. The molecule has 0 fully saturated rings. The Hall–Kier alpha value is -2.19. The van der Waals surface area contributed by atoms with Crippen molar-refractivity contribution in [3.05, 3.63) is 39.1 Å². The Balaban J connectivity index is 2.04. The molecule has 0 amide bonds. The first kappa shape index (κ1) is 19.1. The van der Waals surface area contributed by atoms with Gasteiger partial charge in [-0.05, 0) is 25.5 Å². The third-order valence-electron chi connectivity index (χ3n) is 3.21. The summed E-state index contributed by atoms with van der Waals surface area (Å²) in [5.74, 6) is -0.889. The average molecular weight is 386 g/mol. The van der Waals surface area contributed by atoms with E-state index in [1.54, 1.807) is 19.2 Å². The lowest BCUT2D eigenvalue weighted by molar-refractivity contribution is -0.142. The standard InChI is InChI=1S/C16H17ClFN3O3S/c1-4-24-13(22)6-11-8-25-16(20-11)21-19-7-10-5-12(18)15(23-3)14(17)9(10)2/h5,7-8H,4,6H2,1-3H3,(H,20,21). The summed E-state index contributed by atoms with van der Waals surface area (Å²) in [5, 5.41) is 6.48. The van der Waals surface area contributed by atoms with Crippen molar-refractivity contribution in [2.24, 2.45) is 5.10 Å². The van der Waals surface area contributed by atoms with E-state index in [9.17, 15) is 9.18 Å². The lowest BCUT2D eigenvalue weighted by atomic mass is 10.1. The van der Waals surface area contributed by atoms with Gasteiger partial charge in [-0.2, -0.15) is 5.10 Å². The highest BCUT2D eigenvalue weighted by Crippen LogP contribution is 2.32. The molecule has 0 aliphatic rings. The molecule has 0 spiro atoms. The van der Waals surface area contributed by atoms with Gasteiger partial charge in [0.1, 0.15) is 0 Å². The van der Waals surface area contributed by atoms with E-state index in [2.05, 4.69) is 15.5 Å². The summed E-state index contributed by atoms with van der Waals surface area (Å²) in [5.41, 5.74) is 4.49. The van der Waals surface area contributed by atoms with Gasteiger partial charge in [-0.3, -0.25) is 10.2 Å². The van der Waals surface area contributed by atoms with Gasteiger partial charge in [-0.15, -0.1) is 11.3 Å². The molecule has 134 valence electrons. The number of thiazole rings is 1. The van der Waals surface area contributed by atoms with Crippen LogP contribution in [0.25, 0.3) is 0 Å². The summed E-state index contributed by atoms with van der Waals surface area (Å²) in [7, 11) is 1.36. The first-order valence-corrected chi connectivity index (χ1v) is 8.63. The molecule has 0 unspecified atom stereocenters. The predicted octanol–water partition coefficient (Wildman–Crippen LogP) is 3.80. The van der Waals surface area contributed by atoms with Crippen molar-refractivity contribution in [3.8, 4) is 5.75 Å². The number of hydrazone groups is 1.